The molecule has 0 rings (SSSR count). The summed E-state index contributed by atoms with van der Waals surface area (Å²) < 4.78 is 0. The molecule has 2 N–H and O–H groups in total. The van der Waals surface area contributed by atoms with E-state index in [2.05, 4.69) is 39.9 Å². The van der Waals surface area contributed by atoms with Crippen LogP contribution in [0.2, 0.25) is 0 Å². The highest BCUT2D eigenvalue weighted by Crippen LogP contribution is 2.32. The van der Waals surface area contributed by atoms with Crippen molar-refractivity contribution in [2.24, 2.45) is 5.41 Å². The maximum atomic E-state index is 10.1. The van der Waals surface area contributed by atoms with Crippen molar-refractivity contribution >= 4 is 0 Å². The molecule has 13 heavy (non-hydrogen) atoms. The Kier molecular flexibility index (Phi) is 4.40. The highest BCUT2D eigenvalue weighted by Gasteiger charge is 2.34. The average Bonchev–Trinajstić information content (AvgIpc) is 1.82. The minimum atomic E-state index is -0.588. The predicted molar refractivity (Wildman–Crippen MR) is 57.8 cm³/mol. The van der Waals surface area contributed by atoms with Gasteiger partial charge in [-0.1, -0.05) is 34.6 Å². The van der Waals surface area contributed by atoms with Crippen molar-refractivity contribution < 1.29 is 5.11 Å². The zero-order chi connectivity index (χ0) is 10.7. The molecule has 0 fully saturated rings. The summed E-state index contributed by atoms with van der Waals surface area (Å²) in [6, 6.07) is 0.496. The van der Waals surface area contributed by atoms with E-state index in [1.54, 1.807) is 0 Å². The van der Waals surface area contributed by atoms with Crippen LogP contribution in [0.15, 0.2) is 0 Å². The van der Waals surface area contributed by atoms with Gasteiger partial charge in [0.1, 0.15) is 0 Å². The maximum Gasteiger partial charge on any atom is 0.0679 e. The zero-order valence-corrected chi connectivity index (χ0v) is 9.94. The molecule has 0 bridgehead atoms. The SMILES string of the molecule is CC(C)NCCC(C)(O)C(C)(C)C. The first kappa shape index (κ1) is 12.9. The molecule has 0 aliphatic heterocycles. The lowest BCUT2D eigenvalue weighted by molar-refractivity contribution is -0.0475. The molecule has 0 aliphatic rings. The van der Waals surface area contributed by atoms with E-state index in [9.17, 15) is 5.11 Å². The van der Waals surface area contributed by atoms with Gasteiger partial charge in [-0.15, -0.1) is 0 Å². The standard InChI is InChI=1S/C11H25NO/c1-9(2)12-8-7-11(6,13)10(3,4)5/h9,12-13H,7-8H2,1-6H3. The summed E-state index contributed by atoms with van der Waals surface area (Å²) in [5.41, 5.74) is -0.638. The fraction of sp³-hybridized carbons (Fsp3) is 1.00. The van der Waals surface area contributed by atoms with E-state index < -0.39 is 5.60 Å². The molecule has 0 heterocycles. The molecular formula is C11H25NO. The molecule has 0 aromatic carbocycles. The van der Waals surface area contributed by atoms with Gasteiger partial charge in [0.15, 0.2) is 0 Å². The Morgan fingerprint density at radius 1 is 1.15 bits per heavy atom. The average molecular weight is 187 g/mol. The first-order valence-corrected chi connectivity index (χ1v) is 5.12. The maximum absolute atomic E-state index is 10.1. The van der Waals surface area contributed by atoms with Crippen LogP contribution in [-0.2, 0) is 0 Å². The van der Waals surface area contributed by atoms with Gasteiger partial charge in [0.2, 0.25) is 0 Å². The smallest absolute Gasteiger partial charge is 0.0679 e. The highest BCUT2D eigenvalue weighted by molar-refractivity contribution is 4.86. The quantitative estimate of drug-likeness (QED) is 0.707. The first-order valence-electron chi connectivity index (χ1n) is 5.12. The third-order valence-corrected chi connectivity index (χ3v) is 2.78. The van der Waals surface area contributed by atoms with Crippen LogP contribution in [0, 0.1) is 5.41 Å². The molecule has 1 unspecified atom stereocenters. The summed E-state index contributed by atoms with van der Waals surface area (Å²) in [5.74, 6) is 0. The van der Waals surface area contributed by atoms with Gasteiger partial charge >= 0.3 is 0 Å². The van der Waals surface area contributed by atoms with Crippen LogP contribution in [-0.4, -0.2) is 23.3 Å². The lowest BCUT2D eigenvalue weighted by Crippen LogP contribution is -2.42. The number of rotatable bonds is 4. The Morgan fingerprint density at radius 2 is 1.62 bits per heavy atom. The van der Waals surface area contributed by atoms with Gasteiger partial charge < -0.3 is 10.4 Å². The molecule has 0 aliphatic carbocycles. The predicted octanol–water partition coefficient (Wildman–Crippen LogP) is 2.17. The third kappa shape index (κ3) is 4.63. The van der Waals surface area contributed by atoms with Crippen molar-refractivity contribution in [1.29, 1.82) is 0 Å². The number of aliphatic hydroxyl groups is 1. The zero-order valence-electron chi connectivity index (χ0n) is 9.94. The topological polar surface area (TPSA) is 32.3 Å². The van der Waals surface area contributed by atoms with Crippen molar-refractivity contribution in [3.05, 3.63) is 0 Å². The molecule has 0 radical (unpaired) electrons. The second kappa shape index (κ2) is 4.43. The lowest BCUT2D eigenvalue weighted by Gasteiger charge is -2.37. The molecular weight excluding hydrogens is 162 g/mol. The van der Waals surface area contributed by atoms with E-state index in [4.69, 9.17) is 0 Å². The van der Waals surface area contributed by atoms with Crippen molar-refractivity contribution in [2.75, 3.05) is 6.54 Å². The number of hydrogen-bond acceptors (Lipinski definition) is 2. The summed E-state index contributed by atoms with van der Waals surface area (Å²) in [4.78, 5) is 0. The van der Waals surface area contributed by atoms with Crippen LogP contribution in [0.3, 0.4) is 0 Å². The number of hydrogen-bond donors (Lipinski definition) is 2. The van der Waals surface area contributed by atoms with Crippen molar-refractivity contribution in [2.45, 2.75) is 59.6 Å². The van der Waals surface area contributed by atoms with E-state index >= 15 is 0 Å². The molecule has 80 valence electrons. The fourth-order valence-corrected chi connectivity index (χ4v) is 0.979. The van der Waals surface area contributed by atoms with Gasteiger partial charge in [0, 0.05) is 6.04 Å². The van der Waals surface area contributed by atoms with Crippen LogP contribution in [0.4, 0.5) is 0 Å². The first-order chi connectivity index (χ1) is 5.67. The van der Waals surface area contributed by atoms with E-state index in [0.29, 0.717) is 6.04 Å². The van der Waals surface area contributed by atoms with Gasteiger partial charge in [-0.05, 0) is 25.3 Å². The summed E-state index contributed by atoms with van der Waals surface area (Å²) in [6.07, 6.45) is 0.800. The minimum Gasteiger partial charge on any atom is -0.390 e. The van der Waals surface area contributed by atoms with Gasteiger partial charge in [0.25, 0.3) is 0 Å². The fourth-order valence-electron chi connectivity index (χ4n) is 0.979. The Labute approximate surface area is 82.7 Å². The Morgan fingerprint density at radius 3 is 1.92 bits per heavy atom. The summed E-state index contributed by atoms with van der Waals surface area (Å²) in [6.45, 7) is 13.2. The summed E-state index contributed by atoms with van der Waals surface area (Å²) in [7, 11) is 0. The van der Waals surface area contributed by atoms with Crippen LogP contribution < -0.4 is 5.32 Å². The van der Waals surface area contributed by atoms with Crippen LogP contribution in [0.5, 0.6) is 0 Å². The van der Waals surface area contributed by atoms with Gasteiger partial charge in [0.05, 0.1) is 5.60 Å². The van der Waals surface area contributed by atoms with Crippen molar-refractivity contribution in [3.63, 3.8) is 0 Å². The van der Waals surface area contributed by atoms with E-state index in [1.165, 1.54) is 0 Å². The monoisotopic (exact) mass is 187 g/mol. The van der Waals surface area contributed by atoms with Gasteiger partial charge in [-0.3, -0.25) is 0 Å². The highest BCUT2D eigenvalue weighted by atomic mass is 16.3. The Balaban J connectivity index is 3.90. The molecule has 0 aromatic heterocycles. The van der Waals surface area contributed by atoms with Gasteiger partial charge in [-0.25, -0.2) is 0 Å². The van der Waals surface area contributed by atoms with E-state index in [0.717, 1.165) is 13.0 Å². The molecule has 1 atom stereocenters. The third-order valence-electron chi connectivity index (χ3n) is 2.78. The Hall–Kier alpha value is -0.0800. The van der Waals surface area contributed by atoms with Crippen molar-refractivity contribution in [3.8, 4) is 0 Å². The molecule has 2 heteroatoms. The van der Waals surface area contributed by atoms with E-state index in [1.807, 2.05) is 6.92 Å². The largest absolute Gasteiger partial charge is 0.390 e. The molecule has 0 amide bonds. The molecule has 0 saturated heterocycles. The minimum absolute atomic E-state index is 0.0499. The lowest BCUT2D eigenvalue weighted by atomic mass is 9.76. The van der Waals surface area contributed by atoms with Crippen LogP contribution in [0.1, 0.15) is 48.0 Å². The Bertz CT molecular complexity index is 145. The summed E-state index contributed by atoms with van der Waals surface area (Å²) >= 11 is 0. The normalized spacial score (nSPS) is 17.5. The summed E-state index contributed by atoms with van der Waals surface area (Å²) in [5, 5.41) is 13.4. The number of nitrogens with one attached hydrogen (secondary N) is 1. The second-order valence-corrected chi connectivity index (χ2v) is 5.38. The van der Waals surface area contributed by atoms with Crippen LogP contribution >= 0.6 is 0 Å². The van der Waals surface area contributed by atoms with Crippen molar-refractivity contribution in [1.82, 2.24) is 5.32 Å². The van der Waals surface area contributed by atoms with Gasteiger partial charge in [-0.2, -0.15) is 0 Å². The molecule has 2 nitrogen and oxygen atoms in total. The molecule has 0 saturated carbocycles. The van der Waals surface area contributed by atoms with Crippen LogP contribution in [0.25, 0.3) is 0 Å². The van der Waals surface area contributed by atoms with E-state index in [-0.39, 0.29) is 5.41 Å². The second-order valence-electron chi connectivity index (χ2n) is 5.38. The molecule has 0 spiro atoms. The molecule has 0 aromatic rings.